The van der Waals surface area contributed by atoms with Crippen molar-refractivity contribution in [3.8, 4) is 22.8 Å². The maximum absolute atomic E-state index is 6.24. The molecule has 2 aromatic heterocycles. The largest absolute Gasteiger partial charge is 0.493 e. The number of pyridine rings is 1. The third kappa shape index (κ3) is 4.27. The van der Waals surface area contributed by atoms with Gasteiger partial charge in [0.25, 0.3) is 0 Å². The lowest BCUT2D eigenvalue weighted by Crippen LogP contribution is -2.38. The molecule has 4 rings (SSSR count). The van der Waals surface area contributed by atoms with Crippen LogP contribution in [0.3, 0.4) is 0 Å². The summed E-state index contributed by atoms with van der Waals surface area (Å²) in [4.78, 5) is 7.25. The van der Waals surface area contributed by atoms with Gasteiger partial charge < -0.3 is 14.2 Å². The molecule has 0 unspecified atom stereocenters. The average molecular weight is 411 g/mol. The van der Waals surface area contributed by atoms with Crippen LogP contribution in [-0.2, 0) is 11.3 Å². The summed E-state index contributed by atoms with van der Waals surface area (Å²) in [7, 11) is 1.67. The Morgan fingerprint density at radius 1 is 1.17 bits per heavy atom. The van der Waals surface area contributed by atoms with E-state index >= 15 is 0 Å². The fourth-order valence-electron chi connectivity index (χ4n) is 3.95. The number of methoxy groups -OCH3 is 1. The van der Waals surface area contributed by atoms with E-state index in [-0.39, 0.29) is 0 Å². The highest BCUT2D eigenvalue weighted by molar-refractivity contribution is 5.83. The van der Waals surface area contributed by atoms with E-state index in [9.17, 15) is 0 Å². The van der Waals surface area contributed by atoms with Crippen LogP contribution in [0.1, 0.15) is 18.9 Å². The maximum Gasteiger partial charge on any atom is 0.170 e. The zero-order chi connectivity index (χ0) is 20.9. The van der Waals surface area contributed by atoms with Crippen LogP contribution in [0.5, 0.6) is 11.5 Å². The summed E-state index contributed by atoms with van der Waals surface area (Å²) in [5.41, 5.74) is 4.96. The molecule has 160 valence electrons. The SMILES string of the molecule is CCCn1ncc2nc(-c3cccc(OC)c3OCCN3CCOCC3)cc(C)c21. The molecule has 3 aromatic rings. The summed E-state index contributed by atoms with van der Waals surface area (Å²) >= 11 is 0. The molecule has 0 atom stereocenters. The molecular formula is C23H30N4O3. The number of morpholine rings is 1. The van der Waals surface area contributed by atoms with Crippen molar-refractivity contribution in [2.24, 2.45) is 0 Å². The van der Waals surface area contributed by atoms with Gasteiger partial charge in [-0.05, 0) is 37.1 Å². The standard InChI is InChI=1S/C23H30N4O3/c1-4-8-27-22-17(2)15-19(25-20(22)16-24-27)18-6-5-7-21(28-3)23(18)30-14-11-26-9-12-29-13-10-26/h5-7,15-16H,4,8-14H2,1-3H3. The summed E-state index contributed by atoms with van der Waals surface area (Å²) in [5, 5.41) is 4.52. The van der Waals surface area contributed by atoms with Crippen molar-refractivity contribution < 1.29 is 14.2 Å². The van der Waals surface area contributed by atoms with Gasteiger partial charge in [-0.3, -0.25) is 9.58 Å². The first-order valence-corrected chi connectivity index (χ1v) is 10.6. The number of para-hydroxylation sites is 1. The molecule has 7 heteroatoms. The van der Waals surface area contributed by atoms with Gasteiger partial charge in [0.15, 0.2) is 11.5 Å². The first-order chi connectivity index (χ1) is 14.7. The monoisotopic (exact) mass is 410 g/mol. The first kappa shape index (κ1) is 20.6. The summed E-state index contributed by atoms with van der Waals surface area (Å²) < 4.78 is 19.3. The predicted molar refractivity (Wildman–Crippen MR) is 117 cm³/mol. The summed E-state index contributed by atoms with van der Waals surface area (Å²) in [5.74, 6) is 1.45. The Hall–Kier alpha value is -2.64. The van der Waals surface area contributed by atoms with Gasteiger partial charge in [-0.1, -0.05) is 13.0 Å². The number of hydrogen-bond acceptors (Lipinski definition) is 6. The number of benzene rings is 1. The Bertz CT molecular complexity index is 996. The van der Waals surface area contributed by atoms with Crippen LogP contribution in [0.25, 0.3) is 22.3 Å². The minimum absolute atomic E-state index is 0.586. The summed E-state index contributed by atoms with van der Waals surface area (Å²) in [6.07, 6.45) is 2.88. The minimum atomic E-state index is 0.586. The Labute approximate surface area is 177 Å². The van der Waals surface area contributed by atoms with Gasteiger partial charge in [0.2, 0.25) is 0 Å². The molecule has 30 heavy (non-hydrogen) atoms. The van der Waals surface area contributed by atoms with E-state index in [2.05, 4.69) is 29.9 Å². The quantitative estimate of drug-likeness (QED) is 0.566. The Balaban J connectivity index is 1.63. The Morgan fingerprint density at radius 3 is 2.77 bits per heavy atom. The van der Waals surface area contributed by atoms with E-state index in [1.165, 1.54) is 0 Å². The topological polar surface area (TPSA) is 61.6 Å². The Morgan fingerprint density at radius 2 is 2.00 bits per heavy atom. The van der Waals surface area contributed by atoms with Crippen molar-refractivity contribution in [3.63, 3.8) is 0 Å². The van der Waals surface area contributed by atoms with Crippen molar-refractivity contribution in [1.29, 1.82) is 0 Å². The van der Waals surface area contributed by atoms with Gasteiger partial charge in [-0.2, -0.15) is 5.10 Å². The van der Waals surface area contributed by atoms with Crippen LogP contribution in [0.2, 0.25) is 0 Å². The van der Waals surface area contributed by atoms with Crippen LogP contribution < -0.4 is 9.47 Å². The average Bonchev–Trinajstić information content (AvgIpc) is 3.18. The molecule has 1 aliphatic heterocycles. The van der Waals surface area contributed by atoms with E-state index in [0.717, 1.165) is 85.2 Å². The number of aromatic nitrogens is 3. The van der Waals surface area contributed by atoms with Crippen LogP contribution >= 0.6 is 0 Å². The van der Waals surface area contributed by atoms with E-state index in [0.29, 0.717) is 6.61 Å². The molecule has 1 aliphatic rings. The number of rotatable bonds is 8. The number of ether oxygens (including phenoxy) is 3. The fourth-order valence-corrected chi connectivity index (χ4v) is 3.95. The van der Waals surface area contributed by atoms with Crippen molar-refractivity contribution in [2.75, 3.05) is 46.6 Å². The lowest BCUT2D eigenvalue weighted by Gasteiger charge is -2.26. The molecule has 3 heterocycles. The van der Waals surface area contributed by atoms with Crippen molar-refractivity contribution in [3.05, 3.63) is 36.0 Å². The molecule has 0 spiro atoms. The molecule has 1 fully saturated rings. The van der Waals surface area contributed by atoms with E-state index < -0.39 is 0 Å². The van der Waals surface area contributed by atoms with Gasteiger partial charge in [0.05, 0.1) is 37.7 Å². The Kier molecular flexibility index (Phi) is 6.50. The molecular weight excluding hydrogens is 380 g/mol. The predicted octanol–water partition coefficient (Wildman–Crippen LogP) is 3.54. The molecule has 1 saturated heterocycles. The number of nitrogens with zero attached hydrogens (tertiary/aromatic N) is 4. The van der Waals surface area contributed by atoms with Crippen LogP contribution in [0, 0.1) is 6.92 Å². The zero-order valence-corrected chi connectivity index (χ0v) is 18.1. The van der Waals surface area contributed by atoms with Gasteiger partial charge in [0.1, 0.15) is 12.1 Å². The second kappa shape index (κ2) is 9.45. The molecule has 0 aliphatic carbocycles. The third-order valence-corrected chi connectivity index (χ3v) is 5.46. The normalized spacial score (nSPS) is 14.9. The second-order valence-electron chi connectivity index (χ2n) is 7.57. The van der Waals surface area contributed by atoms with E-state index in [4.69, 9.17) is 19.2 Å². The summed E-state index contributed by atoms with van der Waals surface area (Å²) in [6.45, 7) is 10.1. The molecule has 7 nitrogen and oxygen atoms in total. The van der Waals surface area contributed by atoms with Crippen LogP contribution in [0.4, 0.5) is 0 Å². The minimum Gasteiger partial charge on any atom is -0.493 e. The number of aryl methyl sites for hydroxylation is 2. The highest BCUT2D eigenvalue weighted by atomic mass is 16.5. The van der Waals surface area contributed by atoms with Crippen LogP contribution in [0.15, 0.2) is 30.5 Å². The fraction of sp³-hybridized carbons (Fsp3) is 0.478. The molecule has 0 saturated carbocycles. The third-order valence-electron chi connectivity index (χ3n) is 5.46. The molecule has 0 N–H and O–H groups in total. The highest BCUT2D eigenvalue weighted by Gasteiger charge is 2.17. The first-order valence-electron chi connectivity index (χ1n) is 10.6. The van der Waals surface area contributed by atoms with Gasteiger partial charge in [0, 0.05) is 31.7 Å². The highest BCUT2D eigenvalue weighted by Crippen LogP contribution is 2.38. The van der Waals surface area contributed by atoms with Crippen molar-refractivity contribution >= 4 is 11.0 Å². The smallest absolute Gasteiger partial charge is 0.170 e. The van der Waals surface area contributed by atoms with Gasteiger partial charge >= 0.3 is 0 Å². The summed E-state index contributed by atoms with van der Waals surface area (Å²) in [6, 6.07) is 8.05. The van der Waals surface area contributed by atoms with E-state index in [1.807, 2.05) is 29.1 Å². The number of hydrogen-bond donors (Lipinski definition) is 0. The second-order valence-corrected chi connectivity index (χ2v) is 7.57. The zero-order valence-electron chi connectivity index (χ0n) is 18.1. The number of fused-ring (bicyclic) bond motifs is 1. The van der Waals surface area contributed by atoms with E-state index in [1.54, 1.807) is 7.11 Å². The molecule has 1 aromatic carbocycles. The van der Waals surface area contributed by atoms with Crippen LogP contribution in [-0.4, -0.2) is 66.2 Å². The van der Waals surface area contributed by atoms with Crippen molar-refractivity contribution in [2.45, 2.75) is 26.8 Å². The lowest BCUT2D eigenvalue weighted by atomic mass is 10.1. The lowest BCUT2D eigenvalue weighted by molar-refractivity contribution is 0.0321. The van der Waals surface area contributed by atoms with Gasteiger partial charge in [-0.25, -0.2) is 4.98 Å². The van der Waals surface area contributed by atoms with Crippen molar-refractivity contribution in [1.82, 2.24) is 19.7 Å². The molecule has 0 radical (unpaired) electrons. The molecule has 0 amide bonds. The maximum atomic E-state index is 6.24. The van der Waals surface area contributed by atoms with Gasteiger partial charge in [-0.15, -0.1) is 0 Å². The molecule has 0 bridgehead atoms.